The number of halogens is 2. The van der Waals surface area contributed by atoms with Crippen molar-refractivity contribution >= 4 is 0 Å². The van der Waals surface area contributed by atoms with Crippen molar-refractivity contribution in [1.29, 1.82) is 0 Å². The molecule has 2 rings (SSSR count). The second-order valence-electron chi connectivity index (χ2n) is 4.00. The summed E-state index contributed by atoms with van der Waals surface area (Å²) in [7, 11) is 0. The fraction of sp³-hybridized carbons (Fsp3) is 0.143. The molecule has 0 heterocycles. The average molecular weight is 249 g/mol. The van der Waals surface area contributed by atoms with E-state index in [0.717, 1.165) is 17.7 Å². The quantitative estimate of drug-likeness (QED) is 0.898. The summed E-state index contributed by atoms with van der Waals surface area (Å²) in [5.74, 6) is -0.933. The molecule has 2 aromatic rings. The standard InChI is InChI=1S/C14H13F2NO/c1-9(17)11-4-2-3-5-13(11)18-14-7-6-10(15)8-12(14)16/h2-9H,17H2,1H3/t9-/m0/s1. The Morgan fingerprint density at radius 2 is 1.78 bits per heavy atom. The highest BCUT2D eigenvalue weighted by atomic mass is 19.1. The molecule has 0 aliphatic carbocycles. The van der Waals surface area contributed by atoms with Crippen LogP contribution in [0.3, 0.4) is 0 Å². The highest BCUT2D eigenvalue weighted by Gasteiger charge is 2.11. The Balaban J connectivity index is 2.34. The summed E-state index contributed by atoms with van der Waals surface area (Å²) in [6.45, 7) is 1.81. The van der Waals surface area contributed by atoms with Crippen LogP contribution in [0.2, 0.25) is 0 Å². The van der Waals surface area contributed by atoms with Crippen LogP contribution in [0, 0.1) is 11.6 Å². The molecule has 0 aliphatic rings. The van der Waals surface area contributed by atoms with Crippen molar-refractivity contribution in [3.63, 3.8) is 0 Å². The molecule has 2 nitrogen and oxygen atoms in total. The summed E-state index contributed by atoms with van der Waals surface area (Å²) >= 11 is 0. The van der Waals surface area contributed by atoms with Gasteiger partial charge in [0, 0.05) is 17.7 Å². The first-order valence-electron chi connectivity index (χ1n) is 5.55. The van der Waals surface area contributed by atoms with Gasteiger partial charge < -0.3 is 10.5 Å². The van der Waals surface area contributed by atoms with Crippen LogP contribution in [-0.4, -0.2) is 0 Å². The summed E-state index contributed by atoms with van der Waals surface area (Å²) in [4.78, 5) is 0. The van der Waals surface area contributed by atoms with Gasteiger partial charge in [0.2, 0.25) is 0 Å². The lowest BCUT2D eigenvalue weighted by Crippen LogP contribution is -2.06. The van der Waals surface area contributed by atoms with Crippen molar-refractivity contribution in [3.05, 3.63) is 59.7 Å². The third-order valence-electron chi connectivity index (χ3n) is 2.52. The van der Waals surface area contributed by atoms with E-state index in [4.69, 9.17) is 10.5 Å². The molecule has 94 valence electrons. The lowest BCUT2D eigenvalue weighted by molar-refractivity contribution is 0.431. The van der Waals surface area contributed by atoms with E-state index in [1.807, 2.05) is 13.0 Å². The highest BCUT2D eigenvalue weighted by molar-refractivity contribution is 5.39. The minimum Gasteiger partial charge on any atom is -0.454 e. The van der Waals surface area contributed by atoms with Crippen molar-refractivity contribution in [2.24, 2.45) is 5.73 Å². The lowest BCUT2D eigenvalue weighted by Gasteiger charge is -2.13. The Bertz CT molecular complexity index is 555. The zero-order chi connectivity index (χ0) is 13.1. The predicted octanol–water partition coefficient (Wildman–Crippen LogP) is 3.78. The first kappa shape index (κ1) is 12.5. The molecule has 4 heteroatoms. The molecule has 2 N–H and O–H groups in total. The van der Waals surface area contributed by atoms with Gasteiger partial charge in [-0.05, 0) is 25.1 Å². The Hall–Kier alpha value is -1.94. The van der Waals surface area contributed by atoms with Crippen LogP contribution in [0.15, 0.2) is 42.5 Å². The zero-order valence-electron chi connectivity index (χ0n) is 9.86. The van der Waals surface area contributed by atoms with Crippen LogP contribution < -0.4 is 10.5 Å². The van der Waals surface area contributed by atoms with Gasteiger partial charge in [0.05, 0.1) is 0 Å². The third kappa shape index (κ3) is 2.65. The first-order valence-corrected chi connectivity index (χ1v) is 5.55. The van der Waals surface area contributed by atoms with Crippen molar-refractivity contribution in [2.75, 3.05) is 0 Å². The van der Waals surface area contributed by atoms with Gasteiger partial charge in [-0.2, -0.15) is 0 Å². The molecule has 1 atom stereocenters. The van der Waals surface area contributed by atoms with E-state index in [1.165, 1.54) is 6.07 Å². The summed E-state index contributed by atoms with van der Waals surface area (Å²) in [5.41, 5.74) is 6.56. The summed E-state index contributed by atoms with van der Waals surface area (Å²) in [6.07, 6.45) is 0. The Labute approximate surface area is 104 Å². The van der Waals surface area contributed by atoms with Gasteiger partial charge in [-0.3, -0.25) is 0 Å². The summed E-state index contributed by atoms with van der Waals surface area (Å²) in [6, 6.07) is 10.0. The second-order valence-corrected chi connectivity index (χ2v) is 4.00. The molecule has 0 saturated heterocycles. The smallest absolute Gasteiger partial charge is 0.168 e. The Morgan fingerprint density at radius 3 is 2.44 bits per heavy atom. The van der Waals surface area contributed by atoms with Gasteiger partial charge in [-0.25, -0.2) is 8.78 Å². The monoisotopic (exact) mass is 249 g/mol. The van der Waals surface area contributed by atoms with Crippen LogP contribution in [-0.2, 0) is 0 Å². The molecule has 0 amide bonds. The molecular formula is C14H13F2NO. The van der Waals surface area contributed by atoms with Crippen LogP contribution in [0.4, 0.5) is 8.78 Å². The summed E-state index contributed by atoms with van der Waals surface area (Å²) in [5, 5.41) is 0. The molecule has 0 radical (unpaired) electrons. The van der Waals surface area contributed by atoms with E-state index >= 15 is 0 Å². The van der Waals surface area contributed by atoms with Gasteiger partial charge in [0.1, 0.15) is 11.6 Å². The van der Waals surface area contributed by atoms with Crippen molar-refractivity contribution in [2.45, 2.75) is 13.0 Å². The minimum absolute atomic E-state index is 0.0236. The van der Waals surface area contributed by atoms with E-state index < -0.39 is 11.6 Å². The Morgan fingerprint density at radius 1 is 1.06 bits per heavy atom. The molecule has 0 unspecified atom stereocenters. The number of rotatable bonds is 3. The maximum atomic E-state index is 13.5. The topological polar surface area (TPSA) is 35.2 Å². The predicted molar refractivity (Wildman–Crippen MR) is 65.5 cm³/mol. The highest BCUT2D eigenvalue weighted by Crippen LogP contribution is 2.30. The molecule has 18 heavy (non-hydrogen) atoms. The first-order chi connectivity index (χ1) is 8.58. The average Bonchev–Trinajstić information content (AvgIpc) is 2.33. The van der Waals surface area contributed by atoms with Gasteiger partial charge in [-0.15, -0.1) is 0 Å². The van der Waals surface area contributed by atoms with Crippen LogP contribution >= 0.6 is 0 Å². The number of benzene rings is 2. The maximum Gasteiger partial charge on any atom is 0.168 e. The van der Waals surface area contributed by atoms with Crippen LogP contribution in [0.5, 0.6) is 11.5 Å². The lowest BCUT2D eigenvalue weighted by atomic mass is 10.1. The molecule has 0 bridgehead atoms. The molecule has 0 aromatic heterocycles. The zero-order valence-corrected chi connectivity index (χ0v) is 9.86. The van der Waals surface area contributed by atoms with Crippen molar-refractivity contribution in [1.82, 2.24) is 0 Å². The number of hydrogen-bond donors (Lipinski definition) is 1. The van der Waals surface area contributed by atoms with E-state index in [1.54, 1.807) is 18.2 Å². The van der Waals surface area contributed by atoms with Crippen molar-refractivity contribution < 1.29 is 13.5 Å². The van der Waals surface area contributed by atoms with Crippen molar-refractivity contribution in [3.8, 4) is 11.5 Å². The summed E-state index contributed by atoms with van der Waals surface area (Å²) < 4.78 is 31.7. The van der Waals surface area contributed by atoms with E-state index in [2.05, 4.69) is 0 Å². The molecule has 2 aromatic carbocycles. The number of hydrogen-bond acceptors (Lipinski definition) is 2. The van der Waals surface area contributed by atoms with Gasteiger partial charge >= 0.3 is 0 Å². The van der Waals surface area contributed by atoms with Crippen LogP contribution in [0.25, 0.3) is 0 Å². The molecule has 0 spiro atoms. The maximum absolute atomic E-state index is 13.5. The minimum atomic E-state index is -0.741. The molecular weight excluding hydrogens is 236 g/mol. The van der Waals surface area contributed by atoms with Gasteiger partial charge in [0.15, 0.2) is 11.6 Å². The van der Waals surface area contributed by atoms with E-state index in [0.29, 0.717) is 5.75 Å². The van der Waals surface area contributed by atoms with Gasteiger partial charge in [0.25, 0.3) is 0 Å². The normalized spacial score (nSPS) is 12.2. The number of para-hydroxylation sites is 1. The van der Waals surface area contributed by atoms with E-state index in [-0.39, 0.29) is 11.8 Å². The molecule has 0 saturated carbocycles. The Kier molecular flexibility index (Phi) is 3.58. The fourth-order valence-corrected chi connectivity index (χ4v) is 1.63. The fourth-order valence-electron chi connectivity index (χ4n) is 1.63. The van der Waals surface area contributed by atoms with E-state index in [9.17, 15) is 8.78 Å². The largest absolute Gasteiger partial charge is 0.454 e. The second kappa shape index (κ2) is 5.14. The number of ether oxygens (including phenoxy) is 1. The van der Waals surface area contributed by atoms with Gasteiger partial charge in [-0.1, -0.05) is 18.2 Å². The molecule has 0 aliphatic heterocycles. The SMILES string of the molecule is C[C@H](N)c1ccccc1Oc1ccc(F)cc1F. The molecule has 0 fully saturated rings. The third-order valence-corrected chi connectivity index (χ3v) is 2.52. The van der Waals surface area contributed by atoms with Crippen LogP contribution in [0.1, 0.15) is 18.5 Å². The number of nitrogens with two attached hydrogens (primary N) is 1.